The van der Waals surface area contributed by atoms with Gasteiger partial charge >= 0.3 is 11.9 Å². The molecule has 0 aliphatic carbocycles. The van der Waals surface area contributed by atoms with Crippen LogP contribution in [0.2, 0.25) is 0 Å². The second kappa shape index (κ2) is 10.3. The summed E-state index contributed by atoms with van der Waals surface area (Å²) in [7, 11) is 1.23. The zero-order valence-corrected chi connectivity index (χ0v) is 15.9. The lowest BCUT2D eigenvalue weighted by molar-refractivity contribution is -0.112. The number of nitrogens with zero attached hydrogens (tertiary/aromatic N) is 1. The predicted molar refractivity (Wildman–Crippen MR) is 106 cm³/mol. The Morgan fingerprint density at radius 2 is 1.76 bits per heavy atom. The maximum Gasteiger partial charge on any atom is 0.339 e. The number of amides is 1. The molecule has 0 aliphatic heterocycles. The average Bonchev–Trinajstić information content (AvgIpc) is 2.74. The minimum Gasteiger partial charge on any atom is -0.465 e. The Morgan fingerprint density at radius 3 is 2.38 bits per heavy atom. The van der Waals surface area contributed by atoms with Crippen LogP contribution in [0.15, 0.2) is 60.3 Å². The fraction of sp³-hybridized carbons (Fsp3) is 0.143. The van der Waals surface area contributed by atoms with Crippen molar-refractivity contribution in [3.63, 3.8) is 0 Å². The van der Waals surface area contributed by atoms with E-state index in [4.69, 9.17) is 4.74 Å². The summed E-state index contributed by atoms with van der Waals surface area (Å²) in [4.78, 5) is 35.8. The number of nitrogens with one attached hydrogen (secondary N) is 2. The average molecular weight is 393 g/mol. The highest BCUT2D eigenvalue weighted by molar-refractivity contribution is 6.09. The minimum atomic E-state index is -0.695. The molecule has 2 aromatic rings. The fourth-order valence-corrected chi connectivity index (χ4v) is 2.29. The van der Waals surface area contributed by atoms with E-state index in [1.807, 2.05) is 0 Å². The lowest BCUT2D eigenvalue weighted by atomic mass is 10.1. The van der Waals surface area contributed by atoms with Gasteiger partial charge in [0, 0.05) is 11.9 Å². The summed E-state index contributed by atoms with van der Waals surface area (Å²) in [5.74, 6) is -1.74. The van der Waals surface area contributed by atoms with Crippen LogP contribution in [-0.4, -0.2) is 31.6 Å². The zero-order valence-electron chi connectivity index (χ0n) is 15.9. The summed E-state index contributed by atoms with van der Waals surface area (Å²) >= 11 is 0. The zero-order chi connectivity index (χ0) is 21.2. The van der Waals surface area contributed by atoms with Gasteiger partial charge in [-0.3, -0.25) is 4.79 Å². The lowest BCUT2D eigenvalue weighted by Gasteiger charge is -2.09. The molecular formula is C21H19N3O5. The fourth-order valence-electron chi connectivity index (χ4n) is 2.29. The molecule has 8 heteroatoms. The number of methoxy groups -OCH3 is 1. The summed E-state index contributed by atoms with van der Waals surface area (Å²) in [6.07, 6.45) is 1.23. The van der Waals surface area contributed by atoms with Gasteiger partial charge in [-0.1, -0.05) is 12.1 Å². The van der Waals surface area contributed by atoms with E-state index in [1.54, 1.807) is 49.4 Å². The Labute approximate surface area is 167 Å². The molecule has 0 fully saturated rings. The van der Waals surface area contributed by atoms with Crippen molar-refractivity contribution in [2.75, 3.05) is 24.4 Å². The van der Waals surface area contributed by atoms with Crippen molar-refractivity contribution >= 4 is 29.2 Å². The molecule has 0 aromatic heterocycles. The molecule has 0 unspecified atom stereocenters. The van der Waals surface area contributed by atoms with Crippen LogP contribution < -0.4 is 10.6 Å². The molecule has 148 valence electrons. The summed E-state index contributed by atoms with van der Waals surface area (Å²) in [6, 6.07) is 14.4. The first-order valence-corrected chi connectivity index (χ1v) is 8.62. The number of esters is 2. The van der Waals surface area contributed by atoms with E-state index >= 15 is 0 Å². The molecule has 29 heavy (non-hydrogen) atoms. The number of hydrogen-bond donors (Lipinski definition) is 2. The van der Waals surface area contributed by atoms with Crippen molar-refractivity contribution < 1.29 is 23.9 Å². The summed E-state index contributed by atoms with van der Waals surface area (Å²) < 4.78 is 9.58. The van der Waals surface area contributed by atoms with Crippen LogP contribution in [0.3, 0.4) is 0 Å². The van der Waals surface area contributed by atoms with Gasteiger partial charge in [-0.15, -0.1) is 0 Å². The molecule has 0 radical (unpaired) electrons. The monoisotopic (exact) mass is 393 g/mol. The van der Waals surface area contributed by atoms with Crippen LogP contribution in [0, 0.1) is 11.3 Å². The first kappa shape index (κ1) is 21.2. The van der Waals surface area contributed by atoms with Crippen molar-refractivity contribution in [2.24, 2.45) is 0 Å². The molecule has 1 amide bonds. The Morgan fingerprint density at radius 1 is 1.07 bits per heavy atom. The van der Waals surface area contributed by atoms with Gasteiger partial charge in [0.15, 0.2) is 0 Å². The number of rotatable bonds is 7. The van der Waals surface area contributed by atoms with Crippen molar-refractivity contribution in [1.29, 1.82) is 5.26 Å². The molecule has 2 N–H and O–H groups in total. The normalized spacial score (nSPS) is 10.4. The maximum atomic E-state index is 12.4. The van der Waals surface area contributed by atoms with Crippen molar-refractivity contribution in [1.82, 2.24) is 0 Å². The highest BCUT2D eigenvalue weighted by Gasteiger charge is 2.15. The number of hydrogen-bond acceptors (Lipinski definition) is 7. The van der Waals surface area contributed by atoms with Gasteiger partial charge < -0.3 is 20.1 Å². The van der Waals surface area contributed by atoms with E-state index in [9.17, 15) is 19.6 Å². The number of benzene rings is 2. The second-order valence-electron chi connectivity index (χ2n) is 5.60. The van der Waals surface area contributed by atoms with Gasteiger partial charge in [-0.2, -0.15) is 5.26 Å². The SMILES string of the molecule is CCOC(=O)c1ccc(N/C=C(/C#N)C(=O)Nc2ccccc2C(=O)OC)cc1. The number of carbonyl (C=O) groups excluding carboxylic acids is 3. The third-order valence-corrected chi connectivity index (χ3v) is 3.72. The smallest absolute Gasteiger partial charge is 0.339 e. The Bertz CT molecular complexity index is 975. The molecule has 0 saturated carbocycles. The van der Waals surface area contributed by atoms with Gasteiger partial charge in [0.1, 0.15) is 11.6 Å². The van der Waals surface area contributed by atoms with Crippen LogP contribution in [0.25, 0.3) is 0 Å². The number of ether oxygens (including phenoxy) is 2. The topological polar surface area (TPSA) is 118 Å². The first-order valence-electron chi connectivity index (χ1n) is 8.62. The largest absolute Gasteiger partial charge is 0.465 e. The van der Waals surface area contributed by atoms with Crippen LogP contribution in [0.1, 0.15) is 27.6 Å². The Hall–Kier alpha value is -4.12. The van der Waals surface area contributed by atoms with E-state index in [0.29, 0.717) is 11.3 Å². The van der Waals surface area contributed by atoms with E-state index in [0.717, 1.165) is 0 Å². The Kier molecular flexibility index (Phi) is 7.51. The minimum absolute atomic E-state index is 0.170. The third-order valence-electron chi connectivity index (χ3n) is 3.72. The maximum absolute atomic E-state index is 12.4. The number of nitriles is 1. The molecule has 0 saturated heterocycles. The number of carbonyl (C=O) groups is 3. The molecule has 0 aliphatic rings. The van der Waals surface area contributed by atoms with Crippen molar-refractivity contribution in [2.45, 2.75) is 6.92 Å². The van der Waals surface area contributed by atoms with E-state index in [-0.39, 0.29) is 23.4 Å². The quantitative estimate of drug-likeness (QED) is 0.421. The molecule has 2 aromatic carbocycles. The number of anilines is 2. The lowest BCUT2D eigenvalue weighted by Crippen LogP contribution is -2.17. The van der Waals surface area contributed by atoms with Crippen LogP contribution in [0.4, 0.5) is 11.4 Å². The van der Waals surface area contributed by atoms with E-state index in [1.165, 1.54) is 25.4 Å². The van der Waals surface area contributed by atoms with Crippen molar-refractivity contribution in [3.05, 3.63) is 71.4 Å². The van der Waals surface area contributed by atoms with Crippen LogP contribution in [0.5, 0.6) is 0 Å². The highest BCUT2D eigenvalue weighted by atomic mass is 16.5. The Balaban J connectivity index is 2.10. The highest BCUT2D eigenvalue weighted by Crippen LogP contribution is 2.17. The molecular weight excluding hydrogens is 374 g/mol. The van der Waals surface area contributed by atoms with Crippen LogP contribution in [-0.2, 0) is 14.3 Å². The van der Waals surface area contributed by atoms with Crippen LogP contribution >= 0.6 is 0 Å². The standard InChI is InChI=1S/C21H19N3O5/c1-3-29-20(26)14-8-10-16(11-9-14)23-13-15(12-22)19(25)24-18-7-5-4-6-17(18)21(27)28-2/h4-11,13,23H,3H2,1-2H3,(H,24,25)/b15-13-. The molecule has 0 heterocycles. The molecule has 8 nitrogen and oxygen atoms in total. The van der Waals surface area contributed by atoms with Gasteiger partial charge in [-0.05, 0) is 43.3 Å². The van der Waals surface area contributed by atoms with Gasteiger partial charge in [0.2, 0.25) is 0 Å². The van der Waals surface area contributed by atoms with Gasteiger partial charge in [0.05, 0.1) is 30.5 Å². The summed E-state index contributed by atoms with van der Waals surface area (Å²) in [5.41, 5.74) is 1.14. The summed E-state index contributed by atoms with van der Waals surface area (Å²) in [5, 5.41) is 14.6. The molecule has 0 bridgehead atoms. The van der Waals surface area contributed by atoms with E-state index in [2.05, 4.69) is 15.4 Å². The number of para-hydroxylation sites is 1. The predicted octanol–water partition coefficient (Wildman–Crippen LogP) is 3.11. The van der Waals surface area contributed by atoms with E-state index < -0.39 is 17.8 Å². The molecule has 0 atom stereocenters. The van der Waals surface area contributed by atoms with Crippen molar-refractivity contribution in [3.8, 4) is 6.07 Å². The summed E-state index contributed by atoms with van der Waals surface area (Å²) in [6.45, 7) is 2.00. The molecule has 2 rings (SSSR count). The second-order valence-corrected chi connectivity index (χ2v) is 5.60. The third kappa shape index (κ3) is 5.68. The first-order chi connectivity index (χ1) is 14.0. The molecule has 0 spiro atoms. The van der Waals surface area contributed by atoms with Gasteiger partial charge in [-0.25, -0.2) is 9.59 Å². The van der Waals surface area contributed by atoms with Gasteiger partial charge in [0.25, 0.3) is 5.91 Å².